The van der Waals surface area contributed by atoms with Crippen LogP contribution in [0.5, 0.6) is 5.75 Å². The predicted molar refractivity (Wildman–Crippen MR) is 78.1 cm³/mol. The van der Waals surface area contributed by atoms with E-state index in [2.05, 4.69) is 10.1 Å². The Morgan fingerprint density at radius 3 is 2.86 bits per heavy atom. The zero-order valence-corrected chi connectivity index (χ0v) is 12.2. The lowest BCUT2D eigenvalue weighted by molar-refractivity contribution is 0.119. The van der Waals surface area contributed by atoms with Crippen LogP contribution in [-0.2, 0) is 0 Å². The SMILES string of the molecule is COc1ccccc1-c1noc(C2CCCCCC2O)n1. The molecule has 0 spiro atoms. The zero-order valence-electron chi connectivity index (χ0n) is 12.2. The number of rotatable bonds is 3. The Morgan fingerprint density at radius 2 is 2.00 bits per heavy atom. The molecule has 1 aliphatic carbocycles. The number of ether oxygens (including phenoxy) is 1. The second-order valence-electron chi connectivity index (χ2n) is 5.47. The van der Waals surface area contributed by atoms with Gasteiger partial charge in [-0.3, -0.25) is 0 Å². The fourth-order valence-electron chi connectivity index (χ4n) is 2.90. The van der Waals surface area contributed by atoms with E-state index in [1.54, 1.807) is 7.11 Å². The largest absolute Gasteiger partial charge is 0.496 e. The molecule has 1 heterocycles. The summed E-state index contributed by atoms with van der Waals surface area (Å²) < 4.78 is 10.7. The van der Waals surface area contributed by atoms with E-state index >= 15 is 0 Å². The van der Waals surface area contributed by atoms with Crippen molar-refractivity contribution < 1.29 is 14.4 Å². The average Bonchev–Trinajstić information content (AvgIpc) is 2.90. The fourth-order valence-corrected chi connectivity index (χ4v) is 2.90. The van der Waals surface area contributed by atoms with Crippen LogP contribution in [0.25, 0.3) is 11.4 Å². The van der Waals surface area contributed by atoms with E-state index < -0.39 is 6.10 Å². The minimum atomic E-state index is -0.390. The van der Waals surface area contributed by atoms with Crippen molar-refractivity contribution in [3.8, 4) is 17.1 Å². The fraction of sp³-hybridized carbons (Fsp3) is 0.500. The molecule has 21 heavy (non-hydrogen) atoms. The lowest BCUT2D eigenvalue weighted by atomic mass is 9.97. The molecule has 1 aromatic carbocycles. The van der Waals surface area contributed by atoms with Crippen LogP contribution in [0.3, 0.4) is 0 Å². The lowest BCUT2D eigenvalue weighted by Gasteiger charge is -2.15. The molecular weight excluding hydrogens is 268 g/mol. The minimum Gasteiger partial charge on any atom is -0.496 e. The molecule has 5 heteroatoms. The maximum atomic E-state index is 10.2. The molecule has 2 atom stereocenters. The third-order valence-corrected chi connectivity index (χ3v) is 4.09. The number of methoxy groups -OCH3 is 1. The first-order valence-corrected chi connectivity index (χ1v) is 7.44. The van der Waals surface area contributed by atoms with Gasteiger partial charge < -0.3 is 14.4 Å². The van der Waals surface area contributed by atoms with Crippen molar-refractivity contribution in [3.05, 3.63) is 30.2 Å². The Labute approximate surface area is 123 Å². The van der Waals surface area contributed by atoms with Crippen LogP contribution in [0.1, 0.15) is 43.9 Å². The quantitative estimate of drug-likeness (QED) is 0.879. The Hall–Kier alpha value is -1.88. The number of hydrogen-bond acceptors (Lipinski definition) is 5. The molecule has 0 saturated heterocycles. The van der Waals surface area contributed by atoms with Crippen molar-refractivity contribution in [3.63, 3.8) is 0 Å². The van der Waals surface area contributed by atoms with Crippen molar-refractivity contribution in [1.29, 1.82) is 0 Å². The molecule has 1 N–H and O–H groups in total. The average molecular weight is 288 g/mol. The molecule has 1 aliphatic rings. The summed E-state index contributed by atoms with van der Waals surface area (Å²) in [5.74, 6) is 1.71. The number of aliphatic hydroxyl groups excluding tert-OH is 1. The van der Waals surface area contributed by atoms with Gasteiger partial charge in [-0.25, -0.2) is 0 Å². The van der Waals surface area contributed by atoms with Gasteiger partial charge in [0.05, 0.1) is 24.7 Å². The zero-order chi connectivity index (χ0) is 14.7. The van der Waals surface area contributed by atoms with Crippen LogP contribution >= 0.6 is 0 Å². The summed E-state index contributed by atoms with van der Waals surface area (Å²) in [6, 6.07) is 7.58. The van der Waals surface area contributed by atoms with Gasteiger partial charge in [-0.1, -0.05) is 36.6 Å². The first-order valence-electron chi connectivity index (χ1n) is 7.44. The van der Waals surface area contributed by atoms with Crippen molar-refractivity contribution in [1.82, 2.24) is 10.1 Å². The van der Waals surface area contributed by atoms with Crippen LogP contribution in [0.2, 0.25) is 0 Å². The van der Waals surface area contributed by atoms with E-state index in [0.717, 1.165) is 37.7 Å². The van der Waals surface area contributed by atoms with Gasteiger partial charge in [0.25, 0.3) is 0 Å². The first-order chi connectivity index (χ1) is 10.3. The van der Waals surface area contributed by atoms with Crippen molar-refractivity contribution in [2.24, 2.45) is 0 Å². The van der Waals surface area contributed by atoms with Gasteiger partial charge in [0, 0.05) is 0 Å². The van der Waals surface area contributed by atoms with Crippen LogP contribution in [0.15, 0.2) is 28.8 Å². The second kappa shape index (κ2) is 6.26. The highest BCUT2D eigenvalue weighted by molar-refractivity contribution is 5.63. The van der Waals surface area contributed by atoms with Crippen molar-refractivity contribution in [2.75, 3.05) is 7.11 Å². The molecule has 1 fully saturated rings. The van der Waals surface area contributed by atoms with Crippen LogP contribution < -0.4 is 4.74 Å². The molecule has 2 unspecified atom stereocenters. The molecule has 1 saturated carbocycles. The molecule has 1 aromatic heterocycles. The second-order valence-corrected chi connectivity index (χ2v) is 5.47. The standard InChI is InChI=1S/C16H20N2O3/c1-20-14-10-6-5-8-12(14)15-17-16(21-18-15)11-7-3-2-4-9-13(11)19/h5-6,8,10-11,13,19H,2-4,7,9H2,1H3. The maximum absolute atomic E-state index is 10.2. The normalized spacial score (nSPS) is 22.8. The summed E-state index contributed by atoms with van der Waals surface area (Å²) in [7, 11) is 1.62. The molecule has 0 amide bonds. The summed E-state index contributed by atoms with van der Waals surface area (Å²) >= 11 is 0. The Bertz CT molecular complexity index is 597. The van der Waals surface area contributed by atoms with Crippen LogP contribution in [0.4, 0.5) is 0 Å². The number of aliphatic hydroxyl groups is 1. The predicted octanol–water partition coefficient (Wildman–Crippen LogP) is 3.15. The van der Waals surface area contributed by atoms with Gasteiger partial charge in [-0.05, 0) is 25.0 Å². The van der Waals surface area contributed by atoms with Gasteiger partial charge in [0.15, 0.2) is 0 Å². The van der Waals surface area contributed by atoms with E-state index in [-0.39, 0.29) is 5.92 Å². The molecule has 112 valence electrons. The highest BCUT2D eigenvalue weighted by Gasteiger charge is 2.28. The number of hydrogen-bond donors (Lipinski definition) is 1. The molecule has 5 nitrogen and oxygen atoms in total. The smallest absolute Gasteiger partial charge is 0.232 e. The minimum absolute atomic E-state index is 0.0524. The Morgan fingerprint density at radius 1 is 1.19 bits per heavy atom. The Kier molecular flexibility index (Phi) is 4.20. The number of para-hydroxylation sites is 1. The molecule has 0 bridgehead atoms. The lowest BCUT2D eigenvalue weighted by Crippen LogP contribution is -2.17. The molecule has 3 rings (SSSR count). The van der Waals surface area contributed by atoms with E-state index in [9.17, 15) is 5.11 Å². The molecule has 0 aliphatic heterocycles. The van der Waals surface area contributed by atoms with E-state index in [4.69, 9.17) is 9.26 Å². The highest BCUT2D eigenvalue weighted by atomic mass is 16.5. The number of aromatic nitrogens is 2. The molecule has 0 radical (unpaired) electrons. The van der Waals surface area contributed by atoms with Gasteiger partial charge in [0.2, 0.25) is 11.7 Å². The maximum Gasteiger partial charge on any atom is 0.232 e. The summed E-state index contributed by atoms with van der Waals surface area (Å²) in [6.45, 7) is 0. The number of benzene rings is 1. The highest BCUT2D eigenvalue weighted by Crippen LogP contribution is 2.33. The third-order valence-electron chi connectivity index (χ3n) is 4.09. The monoisotopic (exact) mass is 288 g/mol. The topological polar surface area (TPSA) is 68.4 Å². The van der Waals surface area contributed by atoms with Crippen LogP contribution in [0, 0.1) is 0 Å². The first kappa shape index (κ1) is 14.1. The summed E-state index contributed by atoms with van der Waals surface area (Å²) in [5.41, 5.74) is 0.804. The van der Waals surface area contributed by atoms with E-state index in [1.807, 2.05) is 24.3 Å². The molecule has 2 aromatic rings. The third kappa shape index (κ3) is 2.93. The van der Waals surface area contributed by atoms with Crippen LogP contribution in [-0.4, -0.2) is 28.5 Å². The van der Waals surface area contributed by atoms with Gasteiger partial charge in [0.1, 0.15) is 5.75 Å². The van der Waals surface area contributed by atoms with Gasteiger partial charge >= 0.3 is 0 Å². The van der Waals surface area contributed by atoms with Crippen molar-refractivity contribution >= 4 is 0 Å². The summed E-state index contributed by atoms with van der Waals surface area (Å²) in [5, 5.41) is 14.3. The summed E-state index contributed by atoms with van der Waals surface area (Å²) in [6.07, 6.45) is 4.62. The van der Waals surface area contributed by atoms with Gasteiger partial charge in [-0.15, -0.1) is 0 Å². The number of nitrogens with zero attached hydrogens (tertiary/aromatic N) is 2. The Balaban J connectivity index is 1.89. The molecular formula is C16H20N2O3. The van der Waals surface area contributed by atoms with Gasteiger partial charge in [-0.2, -0.15) is 4.98 Å². The van der Waals surface area contributed by atoms with Crippen molar-refractivity contribution in [2.45, 2.75) is 44.1 Å². The summed E-state index contributed by atoms with van der Waals surface area (Å²) in [4.78, 5) is 4.49. The van der Waals surface area contributed by atoms with E-state index in [0.29, 0.717) is 17.5 Å². The van der Waals surface area contributed by atoms with E-state index in [1.165, 1.54) is 0 Å².